The number of esters is 1. The summed E-state index contributed by atoms with van der Waals surface area (Å²) in [6.07, 6.45) is -1.66. The van der Waals surface area contributed by atoms with Crippen molar-refractivity contribution in [2.45, 2.75) is 72.2 Å². The standard InChI is InChI=1S/C23H22ClF3O2.C13H22NO3PS/c1-14-16(10-7-11-17(14)15-8-5-4-6-9-15)13-29-21(28)20-18(22(20,2)3)12-19(24)23(25,26)27;1-6-16-18(15,14-10(2)3)17-12-7-8-13(19-5)11(4)9-12/h4-12,18,20H,13H2,1-3H3;7-10H,6H2,1-5H3,(H,14,15)/b19-12-;. The van der Waals surface area contributed by atoms with Crippen molar-refractivity contribution in [3.05, 3.63) is 94.5 Å². The minimum atomic E-state index is -4.61. The summed E-state index contributed by atoms with van der Waals surface area (Å²) in [4.78, 5) is 13.7. The predicted octanol–water partition coefficient (Wildman–Crippen LogP) is 10.9. The van der Waals surface area contributed by atoms with Crippen molar-refractivity contribution in [2.75, 3.05) is 12.9 Å². The third-order valence-electron chi connectivity index (χ3n) is 7.97. The zero-order chi connectivity index (χ0) is 35.9. The van der Waals surface area contributed by atoms with E-state index < -0.39 is 42.2 Å². The first-order chi connectivity index (χ1) is 22.4. The number of alkyl halides is 3. The smallest absolute Gasteiger partial charge is 0.458 e. The van der Waals surface area contributed by atoms with Crippen molar-refractivity contribution in [3.8, 4) is 16.9 Å². The van der Waals surface area contributed by atoms with E-state index in [0.717, 1.165) is 33.9 Å². The van der Waals surface area contributed by atoms with E-state index in [0.29, 0.717) is 12.4 Å². The monoisotopic (exact) mass is 725 g/mol. The third kappa shape index (κ3) is 10.6. The van der Waals surface area contributed by atoms with E-state index in [1.165, 1.54) is 4.90 Å². The van der Waals surface area contributed by atoms with Gasteiger partial charge in [0.05, 0.1) is 12.5 Å². The van der Waals surface area contributed by atoms with Crippen LogP contribution in [0, 0.1) is 31.1 Å². The number of halogens is 4. The van der Waals surface area contributed by atoms with Crippen LogP contribution < -0.4 is 9.61 Å². The number of ether oxygens (including phenoxy) is 1. The van der Waals surface area contributed by atoms with Crippen LogP contribution in [0.15, 0.2) is 82.7 Å². The second kappa shape index (κ2) is 16.8. The van der Waals surface area contributed by atoms with Crippen LogP contribution >= 0.6 is 31.1 Å². The van der Waals surface area contributed by atoms with Gasteiger partial charge < -0.3 is 9.26 Å². The zero-order valence-electron chi connectivity index (χ0n) is 28.5. The molecule has 3 aromatic rings. The normalized spacial score (nSPS) is 18.4. The molecule has 0 aliphatic heterocycles. The van der Waals surface area contributed by atoms with Crippen LogP contribution in [0.5, 0.6) is 5.75 Å². The summed E-state index contributed by atoms with van der Waals surface area (Å²) in [5.74, 6) is -1.19. The Balaban J connectivity index is 0.000000286. The van der Waals surface area contributed by atoms with Gasteiger partial charge in [-0.05, 0) is 98.2 Å². The van der Waals surface area contributed by atoms with Crippen molar-refractivity contribution < 1.29 is 36.3 Å². The molecule has 0 aromatic heterocycles. The highest BCUT2D eigenvalue weighted by molar-refractivity contribution is 7.98. The third-order valence-corrected chi connectivity index (χ3v) is 11.1. The van der Waals surface area contributed by atoms with Crippen molar-refractivity contribution >= 4 is 37.1 Å². The summed E-state index contributed by atoms with van der Waals surface area (Å²) in [5.41, 5.74) is 4.44. The Bertz CT molecular complexity index is 1630. The Hall–Kier alpha value is -2.75. The highest BCUT2D eigenvalue weighted by atomic mass is 35.5. The van der Waals surface area contributed by atoms with Gasteiger partial charge in [0.15, 0.2) is 0 Å². The minimum Gasteiger partial charge on any atom is -0.461 e. The molecular weight excluding hydrogens is 682 g/mol. The van der Waals surface area contributed by atoms with E-state index in [1.54, 1.807) is 32.5 Å². The van der Waals surface area contributed by atoms with Gasteiger partial charge >= 0.3 is 19.9 Å². The Kier molecular flexibility index (Phi) is 13.9. The van der Waals surface area contributed by atoms with Gasteiger partial charge in [0, 0.05) is 10.9 Å². The molecule has 12 heteroatoms. The number of carbonyl (C=O) groups is 1. The maximum absolute atomic E-state index is 12.7. The molecule has 48 heavy (non-hydrogen) atoms. The fourth-order valence-electron chi connectivity index (χ4n) is 5.32. The van der Waals surface area contributed by atoms with Gasteiger partial charge in [0.2, 0.25) is 0 Å². The van der Waals surface area contributed by atoms with Crippen LogP contribution in [0.3, 0.4) is 0 Å². The molecule has 0 radical (unpaired) electrons. The molecule has 1 saturated carbocycles. The highest BCUT2D eigenvalue weighted by Crippen LogP contribution is 2.60. The summed E-state index contributed by atoms with van der Waals surface area (Å²) in [6, 6.07) is 21.3. The highest BCUT2D eigenvalue weighted by Gasteiger charge is 2.62. The lowest BCUT2D eigenvalue weighted by Gasteiger charge is -2.21. The first-order valence-electron chi connectivity index (χ1n) is 15.5. The topological polar surface area (TPSA) is 73.9 Å². The van der Waals surface area contributed by atoms with E-state index in [-0.39, 0.29) is 12.6 Å². The molecule has 1 aliphatic carbocycles. The molecule has 0 bridgehead atoms. The van der Waals surface area contributed by atoms with Gasteiger partial charge in [-0.25, -0.2) is 9.65 Å². The molecule has 6 nitrogen and oxygen atoms in total. The van der Waals surface area contributed by atoms with E-state index in [4.69, 9.17) is 25.4 Å². The second-order valence-corrected chi connectivity index (χ2v) is 15.3. The number of nitrogens with one attached hydrogen (secondary N) is 1. The maximum Gasteiger partial charge on any atom is 0.458 e. The molecule has 3 atom stereocenters. The number of hydrogen-bond donors (Lipinski definition) is 1. The molecule has 4 rings (SSSR count). The summed E-state index contributed by atoms with van der Waals surface area (Å²) >= 11 is 7.01. The lowest BCUT2D eigenvalue weighted by molar-refractivity contribution is -0.147. The molecule has 3 aromatic carbocycles. The lowest BCUT2D eigenvalue weighted by atomic mass is 9.97. The average molecular weight is 726 g/mol. The second-order valence-electron chi connectivity index (χ2n) is 12.3. The molecule has 3 unspecified atom stereocenters. The molecular formula is C36H44ClF3NO5PS. The van der Waals surface area contributed by atoms with Crippen LogP contribution in [0.2, 0.25) is 0 Å². The maximum atomic E-state index is 12.7. The number of benzene rings is 3. The molecule has 0 saturated heterocycles. The average Bonchev–Trinajstić information content (AvgIpc) is 3.55. The number of rotatable bonds is 12. The zero-order valence-corrected chi connectivity index (χ0v) is 30.9. The number of allylic oxidation sites excluding steroid dienone is 2. The van der Waals surface area contributed by atoms with E-state index in [1.807, 2.05) is 101 Å². The van der Waals surface area contributed by atoms with E-state index in [2.05, 4.69) is 5.09 Å². The van der Waals surface area contributed by atoms with E-state index >= 15 is 0 Å². The molecule has 0 spiro atoms. The van der Waals surface area contributed by atoms with Gasteiger partial charge in [-0.2, -0.15) is 13.2 Å². The van der Waals surface area contributed by atoms with Crippen molar-refractivity contribution in [1.29, 1.82) is 0 Å². The molecule has 1 aliphatic rings. The summed E-state index contributed by atoms with van der Waals surface area (Å²) in [5, 5.41) is 1.66. The van der Waals surface area contributed by atoms with Crippen LogP contribution in [-0.2, 0) is 25.2 Å². The molecule has 0 amide bonds. The van der Waals surface area contributed by atoms with Crippen LogP contribution in [0.25, 0.3) is 11.1 Å². The van der Waals surface area contributed by atoms with Crippen molar-refractivity contribution in [1.82, 2.24) is 5.09 Å². The fraction of sp³-hybridized carbons (Fsp3) is 0.417. The van der Waals surface area contributed by atoms with Gasteiger partial charge in [0.1, 0.15) is 17.4 Å². The Labute approximate surface area is 291 Å². The predicted molar refractivity (Wildman–Crippen MR) is 188 cm³/mol. The molecule has 1 N–H and O–H groups in total. The van der Waals surface area contributed by atoms with Gasteiger partial charge in [-0.1, -0.05) is 80.1 Å². The summed E-state index contributed by atoms with van der Waals surface area (Å²) in [7, 11) is -3.30. The lowest BCUT2D eigenvalue weighted by Crippen LogP contribution is -2.23. The van der Waals surface area contributed by atoms with Crippen molar-refractivity contribution in [3.63, 3.8) is 0 Å². The first kappa shape index (κ1) is 39.7. The molecule has 1 fully saturated rings. The Morgan fingerprint density at radius 2 is 1.75 bits per heavy atom. The van der Waals surface area contributed by atoms with Crippen LogP contribution in [0.1, 0.15) is 51.3 Å². The fourth-order valence-corrected chi connectivity index (χ4v) is 7.59. The SMILES string of the molecule is CCOP(=O)(NC(C)C)Oc1ccc(SC)c(C)c1.Cc1c(COC(=O)C2C(/C=C(\Cl)C(F)(F)F)C2(C)C)cccc1-c1ccccc1. The number of carbonyl (C=O) groups excluding carboxylic acids is 1. The van der Waals surface area contributed by atoms with E-state index in [9.17, 15) is 22.5 Å². The van der Waals surface area contributed by atoms with Gasteiger partial charge in [-0.15, -0.1) is 11.8 Å². The number of aryl methyl sites for hydroxylation is 1. The van der Waals surface area contributed by atoms with Crippen LogP contribution in [-0.4, -0.2) is 31.1 Å². The Morgan fingerprint density at radius 1 is 1.08 bits per heavy atom. The van der Waals surface area contributed by atoms with Gasteiger partial charge in [0.25, 0.3) is 0 Å². The largest absolute Gasteiger partial charge is 0.461 e. The van der Waals surface area contributed by atoms with Crippen molar-refractivity contribution in [2.24, 2.45) is 17.3 Å². The number of hydrogen-bond acceptors (Lipinski definition) is 6. The number of thioether (sulfide) groups is 1. The minimum absolute atomic E-state index is 0.0175. The Morgan fingerprint density at radius 3 is 2.31 bits per heavy atom. The summed E-state index contributed by atoms with van der Waals surface area (Å²) in [6.45, 7) is 13.4. The quantitative estimate of drug-likeness (QED) is 0.113. The summed E-state index contributed by atoms with van der Waals surface area (Å²) < 4.78 is 66.8. The first-order valence-corrected chi connectivity index (χ1v) is 18.7. The molecule has 0 heterocycles. The molecule has 262 valence electrons. The van der Waals surface area contributed by atoms with Crippen LogP contribution in [0.4, 0.5) is 13.2 Å². The van der Waals surface area contributed by atoms with Gasteiger partial charge in [-0.3, -0.25) is 9.32 Å².